The first-order valence-electron chi connectivity index (χ1n) is 10.5. The molecule has 2 fully saturated rings. The van der Waals surface area contributed by atoms with Crippen molar-refractivity contribution in [2.75, 3.05) is 39.1 Å². The van der Waals surface area contributed by atoms with Crippen molar-refractivity contribution >= 4 is 41.7 Å². The molecule has 1 aromatic rings. The van der Waals surface area contributed by atoms with E-state index in [0.29, 0.717) is 23.9 Å². The van der Waals surface area contributed by atoms with Crippen LogP contribution in [-0.4, -0.2) is 61.3 Å². The molecule has 0 amide bonds. The standard InChI is InChI=1S/C22H35N3O2S.HI/c1-17(2)21-15-25(9-12-28-21)22(23-3)24-14-18-5-4-6-19(13-18)16-27-20-7-10-26-11-8-20;/h4-6,13,17,20-21H,7-12,14-16H2,1-3H3,(H,23,24);1H. The molecular formula is C22H36IN3O2S. The van der Waals surface area contributed by atoms with Gasteiger partial charge >= 0.3 is 0 Å². The van der Waals surface area contributed by atoms with Crippen molar-refractivity contribution in [2.45, 2.75) is 51.2 Å². The summed E-state index contributed by atoms with van der Waals surface area (Å²) in [6.45, 7) is 9.85. The van der Waals surface area contributed by atoms with Gasteiger partial charge in [-0.05, 0) is 29.9 Å². The Balaban J connectivity index is 0.00000300. The lowest BCUT2D eigenvalue weighted by molar-refractivity contribution is -0.0390. The first kappa shape index (κ1) is 24.8. The van der Waals surface area contributed by atoms with Crippen molar-refractivity contribution < 1.29 is 9.47 Å². The van der Waals surface area contributed by atoms with E-state index >= 15 is 0 Å². The van der Waals surface area contributed by atoms with Gasteiger partial charge in [-0.2, -0.15) is 11.8 Å². The number of ether oxygens (including phenoxy) is 2. The highest BCUT2D eigenvalue weighted by molar-refractivity contribution is 14.0. The van der Waals surface area contributed by atoms with Crippen LogP contribution in [0.15, 0.2) is 29.3 Å². The molecule has 5 nitrogen and oxygen atoms in total. The Morgan fingerprint density at radius 1 is 1.31 bits per heavy atom. The quantitative estimate of drug-likeness (QED) is 0.338. The number of thioether (sulfide) groups is 1. The second kappa shape index (κ2) is 13.0. The molecule has 0 aliphatic carbocycles. The first-order valence-corrected chi connectivity index (χ1v) is 11.5. The summed E-state index contributed by atoms with van der Waals surface area (Å²) in [5.74, 6) is 2.87. The minimum atomic E-state index is 0. The Morgan fingerprint density at radius 2 is 2.07 bits per heavy atom. The van der Waals surface area contributed by atoms with Crippen LogP contribution >= 0.6 is 35.7 Å². The summed E-state index contributed by atoms with van der Waals surface area (Å²) < 4.78 is 11.5. The van der Waals surface area contributed by atoms with E-state index in [0.717, 1.165) is 51.6 Å². The van der Waals surface area contributed by atoms with Gasteiger partial charge in [-0.25, -0.2) is 0 Å². The van der Waals surface area contributed by atoms with Crippen molar-refractivity contribution in [2.24, 2.45) is 10.9 Å². The Bertz CT molecular complexity index is 638. The van der Waals surface area contributed by atoms with Gasteiger partial charge in [0, 0.05) is 50.9 Å². The van der Waals surface area contributed by atoms with E-state index in [-0.39, 0.29) is 24.0 Å². The largest absolute Gasteiger partial charge is 0.381 e. The van der Waals surface area contributed by atoms with Gasteiger partial charge in [-0.3, -0.25) is 4.99 Å². The van der Waals surface area contributed by atoms with Gasteiger partial charge in [0.15, 0.2) is 5.96 Å². The number of benzene rings is 1. The third-order valence-corrected chi connectivity index (χ3v) is 6.98. The minimum absolute atomic E-state index is 0. The van der Waals surface area contributed by atoms with Crippen molar-refractivity contribution in [1.29, 1.82) is 0 Å². The maximum atomic E-state index is 6.07. The van der Waals surface area contributed by atoms with Gasteiger partial charge in [0.05, 0.1) is 12.7 Å². The van der Waals surface area contributed by atoms with Crippen LogP contribution < -0.4 is 5.32 Å². The molecule has 2 heterocycles. The number of aliphatic imine (C=N–C) groups is 1. The minimum Gasteiger partial charge on any atom is -0.381 e. The molecule has 3 rings (SSSR count). The fraction of sp³-hybridized carbons (Fsp3) is 0.682. The van der Waals surface area contributed by atoms with Gasteiger partial charge in [-0.1, -0.05) is 38.1 Å². The predicted molar refractivity (Wildman–Crippen MR) is 133 cm³/mol. The lowest BCUT2D eigenvalue weighted by Crippen LogP contribution is -2.48. The number of hydrogen-bond acceptors (Lipinski definition) is 4. The second-order valence-corrected chi connectivity index (χ2v) is 9.29. The van der Waals surface area contributed by atoms with E-state index in [1.54, 1.807) is 0 Å². The highest BCUT2D eigenvalue weighted by Crippen LogP contribution is 2.25. The van der Waals surface area contributed by atoms with E-state index < -0.39 is 0 Å². The van der Waals surface area contributed by atoms with Crippen LogP contribution in [-0.2, 0) is 22.6 Å². The third-order valence-electron chi connectivity index (χ3n) is 5.44. The van der Waals surface area contributed by atoms with Gasteiger partial charge < -0.3 is 19.7 Å². The fourth-order valence-corrected chi connectivity index (χ4v) is 4.97. The summed E-state index contributed by atoms with van der Waals surface area (Å²) in [5, 5.41) is 4.24. The van der Waals surface area contributed by atoms with Crippen molar-refractivity contribution in [1.82, 2.24) is 10.2 Å². The zero-order chi connectivity index (χ0) is 19.8. The van der Waals surface area contributed by atoms with E-state index in [9.17, 15) is 0 Å². The molecule has 0 aromatic heterocycles. The average molecular weight is 534 g/mol. The van der Waals surface area contributed by atoms with E-state index in [2.05, 4.69) is 65.1 Å². The zero-order valence-electron chi connectivity index (χ0n) is 17.9. The van der Waals surface area contributed by atoms with Crippen LogP contribution in [0.2, 0.25) is 0 Å². The molecular weight excluding hydrogens is 497 g/mol. The summed E-state index contributed by atoms with van der Waals surface area (Å²) in [4.78, 5) is 6.93. The van der Waals surface area contributed by atoms with Crippen LogP contribution in [0.4, 0.5) is 0 Å². The molecule has 0 bridgehead atoms. The topological polar surface area (TPSA) is 46.1 Å². The van der Waals surface area contributed by atoms with Crippen LogP contribution in [0, 0.1) is 5.92 Å². The molecule has 0 radical (unpaired) electrons. The number of halogens is 1. The van der Waals surface area contributed by atoms with Crippen LogP contribution in [0.25, 0.3) is 0 Å². The fourth-order valence-electron chi connectivity index (χ4n) is 3.67. The molecule has 7 heteroatoms. The molecule has 2 saturated heterocycles. The molecule has 1 aromatic carbocycles. The normalized spacial score (nSPS) is 21.2. The van der Waals surface area contributed by atoms with E-state index in [1.165, 1.54) is 16.9 Å². The van der Waals surface area contributed by atoms with Crippen LogP contribution in [0.3, 0.4) is 0 Å². The number of guanidine groups is 1. The maximum Gasteiger partial charge on any atom is 0.193 e. The van der Waals surface area contributed by atoms with Gasteiger partial charge in [0.25, 0.3) is 0 Å². The van der Waals surface area contributed by atoms with Crippen molar-refractivity contribution in [3.8, 4) is 0 Å². The highest BCUT2D eigenvalue weighted by atomic mass is 127. The number of rotatable bonds is 6. The number of nitrogens with zero attached hydrogens (tertiary/aromatic N) is 2. The highest BCUT2D eigenvalue weighted by Gasteiger charge is 2.24. The number of hydrogen-bond donors (Lipinski definition) is 1. The lowest BCUT2D eigenvalue weighted by atomic mass is 10.1. The molecule has 2 aliphatic heterocycles. The molecule has 1 N–H and O–H groups in total. The summed E-state index contributed by atoms with van der Waals surface area (Å²) in [5.41, 5.74) is 2.50. The summed E-state index contributed by atoms with van der Waals surface area (Å²) in [7, 11) is 1.88. The van der Waals surface area contributed by atoms with Crippen molar-refractivity contribution in [3.63, 3.8) is 0 Å². The summed E-state index contributed by atoms with van der Waals surface area (Å²) in [6.07, 6.45) is 2.34. The van der Waals surface area contributed by atoms with Crippen molar-refractivity contribution in [3.05, 3.63) is 35.4 Å². The predicted octanol–water partition coefficient (Wildman–Crippen LogP) is 4.15. The molecule has 29 heavy (non-hydrogen) atoms. The van der Waals surface area contributed by atoms with E-state index in [1.807, 2.05) is 7.05 Å². The zero-order valence-corrected chi connectivity index (χ0v) is 21.1. The summed E-state index contributed by atoms with van der Waals surface area (Å²) in [6, 6.07) is 8.67. The molecule has 1 unspecified atom stereocenters. The van der Waals surface area contributed by atoms with Crippen LogP contribution in [0.1, 0.15) is 37.8 Å². The first-order chi connectivity index (χ1) is 13.7. The molecule has 1 atom stereocenters. The Kier molecular flexibility index (Phi) is 11.1. The molecule has 0 saturated carbocycles. The summed E-state index contributed by atoms with van der Waals surface area (Å²) >= 11 is 2.09. The maximum absolute atomic E-state index is 6.07. The molecule has 2 aliphatic rings. The Morgan fingerprint density at radius 3 is 2.79 bits per heavy atom. The number of nitrogens with one attached hydrogen (secondary N) is 1. The lowest BCUT2D eigenvalue weighted by Gasteiger charge is -2.36. The van der Waals surface area contributed by atoms with Crippen LogP contribution in [0.5, 0.6) is 0 Å². The van der Waals surface area contributed by atoms with E-state index in [4.69, 9.17) is 9.47 Å². The smallest absolute Gasteiger partial charge is 0.193 e. The molecule has 164 valence electrons. The second-order valence-electron chi connectivity index (χ2n) is 7.94. The van der Waals surface area contributed by atoms with Gasteiger partial charge in [0.1, 0.15) is 0 Å². The SMILES string of the molecule is CN=C(NCc1cccc(COC2CCOCC2)c1)N1CCSC(C(C)C)C1.I. The Labute approximate surface area is 197 Å². The third kappa shape index (κ3) is 7.92. The van der Waals surface area contributed by atoms with Gasteiger partial charge in [0.2, 0.25) is 0 Å². The average Bonchev–Trinajstić information content (AvgIpc) is 2.74. The van der Waals surface area contributed by atoms with Gasteiger partial charge in [-0.15, -0.1) is 24.0 Å². The molecule has 0 spiro atoms. The Hall–Kier alpha value is -0.510. The monoisotopic (exact) mass is 533 g/mol.